The van der Waals surface area contributed by atoms with Gasteiger partial charge in [-0.1, -0.05) is 30.1 Å². The first-order valence-corrected chi connectivity index (χ1v) is 8.39. The van der Waals surface area contributed by atoms with Gasteiger partial charge in [-0.3, -0.25) is 9.59 Å². The van der Waals surface area contributed by atoms with Crippen LogP contribution in [0, 0.1) is 5.92 Å². The van der Waals surface area contributed by atoms with Crippen molar-refractivity contribution in [2.75, 3.05) is 18.0 Å². The second kappa shape index (κ2) is 6.19. The molecule has 1 N–H and O–H groups in total. The van der Waals surface area contributed by atoms with Crippen molar-refractivity contribution in [1.82, 2.24) is 0 Å². The molecule has 3 rings (SSSR count). The first-order chi connectivity index (χ1) is 10.5. The van der Waals surface area contributed by atoms with Gasteiger partial charge in [-0.05, 0) is 37.0 Å². The fourth-order valence-electron chi connectivity index (χ4n) is 3.37. The van der Waals surface area contributed by atoms with Crippen molar-refractivity contribution in [2.45, 2.75) is 32.2 Å². The largest absolute Gasteiger partial charge is 0.324 e. The highest BCUT2D eigenvalue weighted by atomic mass is 35.5. The second-order valence-electron chi connectivity index (χ2n) is 6.29. The van der Waals surface area contributed by atoms with Crippen LogP contribution in [0.3, 0.4) is 0 Å². The predicted molar refractivity (Wildman–Crippen MR) is 86.5 cm³/mol. The summed E-state index contributed by atoms with van der Waals surface area (Å²) >= 11 is 12.0. The summed E-state index contributed by atoms with van der Waals surface area (Å²) in [5, 5.41) is 0.844. The Kier molecular flexibility index (Phi) is 4.44. The van der Waals surface area contributed by atoms with Gasteiger partial charge < -0.3 is 4.90 Å². The maximum Gasteiger partial charge on any atom is 0.292 e. The minimum atomic E-state index is -0.266. The number of benzene rings is 1. The van der Waals surface area contributed by atoms with E-state index >= 15 is 0 Å². The average Bonchev–Trinajstić information content (AvgIpc) is 2.74. The number of piperidine rings is 1. The summed E-state index contributed by atoms with van der Waals surface area (Å²) in [5.74, 6) is 0.408. The van der Waals surface area contributed by atoms with Crippen LogP contribution in [0.2, 0.25) is 10.0 Å². The van der Waals surface area contributed by atoms with Crippen molar-refractivity contribution >= 4 is 40.7 Å². The summed E-state index contributed by atoms with van der Waals surface area (Å²) in [6, 6.07) is 4.54. The van der Waals surface area contributed by atoms with Gasteiger partial charge >= 0.3 is 0 Å². The van der Waals surface area contributed by atoms with Crippen molar-refractivity contribution in [1.29, 1.82) is 0 Å². The lowest BCUT2D eigenvalue weighted by atomic mass is 9.97. The number of halogens is 2. The van der Waals surface area contributed by atoms with Gasteiger partial charge in [-0.25, -0.2) is 4.90 Å². The van der Waals surface area contributed by atoms with E-state index in [2.05, 4.69) is 6.92 Å². The molecular weight excluding hydrogens is 323 g/mol. The van der Waals surface area contributed by atoms with Crippen LogP contribution in [-0.2, 0) is 9.59 Å². The van der Waals surface area contributed by atoms with Crippen LogP contribution in [0.4, 0.5) is 5.69 Å². The van der Waals surface area contributed by atoms with Crippen molar-refractivity contribution in [3.05, 3.63) is 28.2 Å². The predicted octanol–water partition coefficient (Wildman–Crippen LogP) is 1.94. The maximum absolute atomic E-state index is 12.7. The average molecular weight is 342 g/mol. The Balaban J connectivity index is 1.82. The molecule has 118 valence electrons. The van der Waals surface area contributed by atoms with Crippen LogP contribution in [0.5, 0.6) is 0 Å². The van der Waals surface area contributed by atoms with Crippen molar-refractivity contribution < 1.29 is 14.5 Å². The number of hydrogen-bond donors (Lipinski definition) is 1. The van der Waals surface area contributed by atoms with Crippen LogP contribution < -0.4 is 9.80 Å². The zero-order valence-electron chi connectivity index (χ0n) is 12.4. The molecule has 0 radical (unpaired) electrons. The standard InChI is InChI=1S/C16H18Cl2N2O2/c1-10-2-4-19(5-3-10)14-9-15(21)20(16(14)22)13-7-11(17)6-12(18)8-13/h6-8,10,14H,2-5,9H2,1H3/p+1/t14-/m1/s1. The van der Waals surface area contributed by atoms with Gasteiger partial charge in [0.05, 0.1) is 25.2 Å². The number of amides is 2. The minimum Gasteiger partial charge on any atom is -0.324 e. The number of likely N-dealkylation sites (tertiary alicyclic amines) is 1. The van der Waals surface area contributed by atoms with E-state index in [1.165, 1.54) is 9.80 Å². The summed E-state index contributed by atoms with van der Waals surface area (Å²) in [6.07, 6.45) is 2.49. The molecular formula is C16H19Cl2N2O2+. The highest BCUT2D eigenvalue weighted by Gasteiger charge is 2.46. The van der Waals surface area contributed by atoms with E-state index in [-0.39, 0.29) is 24.3 Å². The topological polar surface area (TPSA) is 41.8 Å². The Morgan fingerprint density at radius 3 is 2.27 bits per heavy atom. The zero-order valence-corrected chi connectivity index (χ0v) is 14.0. The number of anilines is 1. The quantitative estimate of drug-likeness (QED) is 0.835. The summed E-state index contributed by atoms with van der Waals surface area (Å²) in [6.45, 7) is 4.14. The molecule has 2 heterocycles. The maximum atomic E-state index is 12.7. The molecule has 22 heavy (non-hydrogen) atoms. The van der Waals surface area contributed by atoms with Gasteiger partial charge in [0, 0.05) is 10.0 Å². The Morgan fingerprint density at radius 2 is 1.68 bits per heavy atom. The van der Waals surface area contributed by atoms with Gasteiger partial charge in [-0.2, -0.15) is 0 Å². The molecule has 1 aromatic carbocycles. The van der Waals surface area contributed by atoms with Crippen LogP contribution in [0.1, 0.15) is 26.2 Å². The molecule has 0 bridgehead atoms. The van der Waals surface area contributed by atoms with Crippen LogP contribution in [0.15, 0.2) is 18.2 Å². The number of quaternary nitrogens is 1. The van der Waals surface area contributed by atoms with Crippen molar-refractivity contribution in [3.63, 3.8) is 0 Å². The lowest BCUT2D eigenvalue weighted by Gasteiger charge is -2.30. The normalized spacial score (nSPS) is 29.2. The zero-order chi connectivity index (χ0) is 15.9. The number of nitrogens with zero attached hydrogens (tertiary/aromatic N) is 1. The highest BCUT2D eigenvalue weighted by molar-refractivity contribution is 6.35. The number of imide groups is 1. The molecule has 2 aliphatic heterocycles. The molecule has 0 spiro atoms. The highest BCUT2D eigenvalue weighted by Crippen LogP contribution is 2.29. The molecule has 0 aliphatic carbocycles. The molecule has 0 unspecified atom stereocenters. The number of carbonyl (C=O) groups is 2. The van der Waals surface area contributed by atoms with Gasteiger partial charge in [0.2, 0.25) is 5.91 Å². The van der Waals surface area contributed by atoms with E-state index in [4.69, 9.17) is 23.2 Å². The molecule has 2 fully saturated rings. The van der Waals surface area contributed by atoms with E-state index < -0.39 is 0 Å². The smallest absolute Gasteiger partial charge is 0.292 e. The molecule has 0 aromatic heterocycles. The van der Waals surface area contributed by atoms with E-state index in [0.29, 0.717) is 21.7 Å². The van der Waals surface area contributed by atoms with Gasteiger partial charge in [0.25, 0.3) is 5.91 Å². The molecule has 2 amide bonds. The number of hydrogen-bond acceptors (Lipinski definition) is 2. The fourth-order valence-corrected chi connectivity index (χ4v) is 3.89. The van der Waals surface area contributed by atoms with Crippen LogP contribution >= 0.6 is 23.2 Å². The first-order valence-electron chi connectivity index (χ1n) is 7.63. The first kappa shape index (κ1) is 15.8. The third kappa shape index (κ3) is 3.00. The lowest BCUT2D eigenvalue weighted by Crippen LogP contribution is -3.17. The van der Waals surface area contributed by atoms with Crippen molar-refractivity contribution in [3.8, 4) is 0 Å². The van der Waals surface area contributed by atoms with E-state index in [1.807, 2.05) is 0 Å². The number of carbonyl (C=O) groups excluding carboxylic acids is 2. The van der Waals surface area contributed by atoms with E-state index in [1.54, 1.807) is 18.2 Å². The Morgan fingerprint density at radius 1 is 1.09 bits per heavy atom. The Hall–Kier alpha value is -1.10. The van der Waals surface area contributed by atoms with Gasteiger partial charge in [0.1, 0.15) is 0 Å². The fraction of sp³-hybridized carbons (Fsp3) is 0.500. The lowest BCUT2D eigenvalue weighted by molar-refractivity contribution is -0.920. The Labute approximate surface area is 140 Å². The third-order valence-electron chi connectivity index (χ3n) is 4.66. The second-order valence-corrected chi connectivity index (χ2v) is 7.17. The monoisotopic (exact) mass is 341 g/mol. The summed E-state index contributed by atoms with van der Waals surface area (Å²) in [5.41, 5.74) is 0.472. The molecule has 6 heteroatoms. The van der Waals surface area contributed by atoms with Crippen molar-refractivity contribution in [2.24, 2.45) is 5.92 Å². The van der Waals surface area contributed by atoms with E-state index in [9.17, 15) is 9.59 Å². The van der Waals surface area contributed by atoms with Gasteiger partial charge in [-0.15, -0.1) is 0 Å². The molecule has 2 saturated heterocycles. The SMILES string of the molecule is CC1CC[NH+]([C@@H]2CC(=O)N(c3cc(Cl)cc(Cl)c3)C2=O)CC1. The van der Waals surface area contributed by atoms with Gasteiger partial charge in [0.15, 0.2) is 6.04 Å². The third-order valence-corrected chi connectivity index (χ3v) is 5.10. The molecule has 1 aromatic rings. The summed E-state index contributed by atoms with van der Waals surface area (Å²) < 4.78 is 0. The number of rotatable bonds is 2. The van der Waals surface area contributed by atoms with Crippen LogP contribution in [-0.4, -0.2) is 30.9 Å². The molecule has 2 aliphatic rings. The molecule has 4 nitrogen and oxygen atoms in total. The molecule has 0 saturated carbocycles. The minimum absolute atomic E-state index is 0.132. The number of nitrogens with one attached hydrogen (secondary N) is 1. The molecule has 1 atom stereocenters. The van der Waals surface area contributed by atoms with Crippen LogP contribution in [0.25, 0.3) is 0 Å². The van der Waals surface area contributed by atoms with E-state index in [0.717, 1.165) is 25.9 Å². The summed E-state index contributed by atoms with van der Waals surface area (Å²) in [7, 11) is 0. The summed E-state index contributed by atoms with van der Waals surface area (Å²) in [4.78, 5) is 27.5. The Bertz CT molecular complexity index is 592.